The van der Waals surface area contributed by atoms with Gasteiger partial charge in [0.1, 0.15) is 5.54 Å². The van der Waals surface area contributed by atoms with Crippen LogP contribution in [0.15, 0.2) is 65.6 Å². The van der Waals surface area contributed by atoms with Crippen molar-refractivity contribution >= 4 is 21.8 Å². The number of carbonyl (C=O) groups excluding carboxylic acids is 2. The Bertz CT molecular complexity index is 1090. The molecule has 1 aliphatic heterocycles. The molecule has 2 aliphatic rings. The van der Waals surface area contributed by atoms with Crippen molar-refractivity contribution in [3.8, 4) is 0 Å². The van der Waals surface area contributed by atoms with E-state index < -0.39 is 15.6 Å². The van der Waals surface area contributed by atoms with Gasteiger partial charge in [0, 0.05) is 19.1 Å². The number of sulfonamides is 1. The van der Waals surface area contributed by atoms with Crippen molar-refractivity contribution in [2.75, 3.05) is 13.1 Å². The summed E-state index contributed by atoms with van der Waals surface area (Å²) in [6, 6.07) is 17.6. The fraction of sp³-hybridized carbons (Fsp3) is 0.440. The Morgan fingerprint density at radius 1 is 1.00 bits per heavy atom. The molecule has 4 rings (SSSR count). The summed E-state index contributed by atoms with van der Waals surface area (Å²) < 4.78 is 27.8. The summed E-state index contributed by atoms with van der Waals surface area (Å²) in [5, 5.41) is 2.96. The molecule has 176 valence electrons. The highest BCUT2D eigenvalue weighted by Gasteiger charge is 2.52. The molecule has 0 radical (unpaired) electrons. The van der Waals surface area contributed by atoms with Crippen LogP contribution in [-0.4, -0.2) is 54.1 Å². The minimum atomic E-state index is -3.91. The van der Waals surface area contributed by atoms with Gasteiger partial charge in [-0.2, -0.15) is 4.31 Å². The van der Waals surface area contributed by atoms with Crippen molar-refractivity contribution in [2.45, 2.75) is 62.0 Å². The molecule has 1 saturated heterocycles. The van der Waals surface area contributed by atoms with E-state index in [2.05, 4.69) is 5.32 Å². The maximum absolute atomic E-state index is 13.6. The molecule has 1 heterocycles. The molecule has 0 unspecified atom stereocenters. The molecule has 0 aromatic heterocycles. The van der Waals surface area contributed by atoms with Gasteiger partial charge in [-0.15, -0.1) is 0 Å². The van der Waals surface area contributed by atoms with Crippen LogP contribution >= 0.6 is 0 Å². The van der Waals surface area contributed by atoms with E-state index in [1.165, 1.54) is 12.1 Å². The number of benzene rings is 2. The lowest BCUT2D eigenvalue weighted by Crippen LogP contribution is -2.71. The van der Waals surface area contributed by atoms with Gasteiger partial charge in [0.2, 0.25) is 21.8 Å². The summed E-state index contributed by atoms with van der Waals surface area (Å²) in [6.07, 6.45) is 4.78. The SMILES string of the molecule is C[C@]1(C(=O)NCc2ccccc2)CN(S(=O)(=O)c2ccccc2)CC(=O)N1C1CCCCC1. The number of nitrogens with zero attached hydrogens (tertiary/aromatic N) is 2. The van der Waals surface area contributed by atoms with Crippen LogP contribution in [0.4, 0.5) is 0 Å². The van der Waals surface area contributed by atoms with Gasteiger partial charge in [-0.05, 0) is 37.5 Å². The van der Waals surface area contributed by atoms with E-state index in [1.807, 2.05) is 30.3 Å². The van der Waals surface area contributed by atoms with Crippen LogP contribution in [0, 0.1) is 0 Å². The van der Waals surface area contributed by atoms with Gasteiger partial charge in [-0.25, -0.2) is 8.42 Å². The van der Waals surface area contributed by atoms with Crippen molar-refractivity contribution in [1.82, 2.24) is 14.5 Å². The number of carbonyl (C=O) groups is 2. The minimum Gasteiger partial charge on any atom is -0.350 e. The fourth-order valence-corrected chi connectivity index (χ4v) is 6.49. The highest BCUT2D eigenvalue weighted by molar-refractivity contribution is 7.89. The Kier molecular flexibility index (Phi) is 6.86. The van der Waals surface area contributed by atoms with E-state index in [-0.39, 0.29) is 35.8 Å². The van der Waals surface area contributed by atoms with E-state index in [0.29, 0.717) is 6.54 Å². The third-order valence-corrected chi connectivity index (χ3v) is 8.51. The minimum absolute atomic E-state index is 0.0553. The van der Waals surface area contributed by atoms with E-state index in [9.17, 15) is 18.0 Å². The van der Waals surface area contributed by atoms with Crippen LogP contribution in [-0.2, 0) is 26.2 Å². The third-order valence-electron chi connectivity index (χ3n) is 6.70. The van der Waals surface area contributed by atoms with Crippen LogP contribution in [0.25, 0.3) is 0 Å². The van der Waals surface area contributed by atoms with Crippen LogP contribution in [0.5, 0.6) is 0 Å². The Labute approximate surface area is 195 Å². The van der Waals surface area contributed by atoms with Crippen molar-refractivity contribution in [1.29, 1.82) is 0 Å². The van der Waals surface area contributed by atoms with Crippen molar-refractivity contribution in [3.05, 3.63) is 66.2 Å². The molecule has 0 spiro atoms. The number of piperazine rings is 1. The number of amides is 2. The second-order valence-corrected chi connectivity index (χ2v) is 11.0. The zero-order valence-electron chi connectivity index (χ0n) is 18.9. The molecule has 2 amide bonds. The molecule has 2 aromatic rings. The molecule has 2 aromatic carbocycles. The average Bonchev–Trinajstić information content (AvgIpc) is 2.84. The Balaban J connectivity index is 1.64. The van der Waals surface area contributed by atoms with Gasteiger partial charge in [-0.1, -0.05) is 67.8 Å². The topological polar surface area (TPSA) is 86.8 Å². The summed E-state index contributed by atoms with van der Waals surface area (Å²) >= 11 is 0. The Morgan fingerprint density at radius 3 is 2.24 bits per heavy atom. The number of hydrogen-bond donors (Lipinski definition) is 1. The number of hydrogen-bond acceptors (Lipinski definition) is 4. The maximum Gasteiger partial charge on any atom is 0.247 e. The van der Waals surface area contributed by atoms with Crippen molar-refractivity contribution < 1.29 is 18.0 Å². The summed E-state index contributed by atoms with van der Waals surface area (Å²) in [5.74, 6) is -0.650. The monoisotopic (exact) mass is 469 g/mol. The molecule has 7 nitrogen and oxygen atoms in total. The van der Waals surface area contributed by atoms with Gasteiger partial charge < -0.3 is 10.2 Å². The molecular weight excluding hydrogens is 438 g/mol. The molecule has 1 saturated carbocycles. The van der Waals surface area contributed by atoms with E-state index in [0.717, 1.165) is 42.0 Å². The first-order chi connectivity index (χ1) is 15.8. The standard InChI is InChI=1S/C25H31N3O4S/c1-25(24(30)26-17-20-11-5-2-6-12-20)19-27(33(31,32)22-15-9-4-10-16-22)18-23(29)28(25)21-13-7-3-8-14-21/h2,4-6,9-12,15-16,21H,3,7-8,13-14,17-19H2,1H3,(H,26,30)/t25-/m1/s1. The quantitative estimate of drug-likeness (QED) is 0.705. The second-order valence-electron chi connectivity index (χ2n) is 9.08. The molecule has 1 aliphatic carbocycles. The Hall–Kier alpha value is -2.71. The lowest BCUT2D eigenvalue weighted by molar-refractivity contribution is -0.157. The first kappa shape index (κ1) is 23.4. The van der Waals surface area contributed by atoms with Crippen LogP contribution in [0.1, 0.15) is 44.6 Å². The van der Waals surface area contributed by atoms with Crippen molar-refractivity contribution in [3.63, 3.8) is 0 Å². The lowest BCUT2D eigenvalue weighted by Gasteiger charge is -2.51. The summed E-state index contributed by atoms with van der Waals surface area (Å²) in [5.41, 5.74) is -0.358. The molecule has 8 heteroatoms. The summed E-state index contributed by atoms with van der Waals surface area (Å²) in [4.78, 5) is 28.8. The second kappa shape index (κ2) is 9.65. The first-order valence-electron chi connectivity index (χ1n) is 11.5. The van der Waals surface area contributed by atoms with Gasteiger partial charge in [0.15, 0.2) is 0 Å². The molecule has 2 fully saturated rings. The van der Waals surface area contributed by atoms with Crippen LogP contribution in [0.2, 0.25) is 0 Å². The molecule has 1 atom stereocenters. The third kappa shape index (κ3) is 4.82. The van der Waals surface area contributed by atoms with E-state index >= 15 is 0 Å². The molecule has 0 bridgehead atoms. The van der Waals surface area contributed by atoms with Gasteiger partial charge in [0.25, 0.3) is 0 Å². The predicted octanol–water partition coefficient (Wildman–Crippen LogP) is 2.93. The summed E-state index contributed by atoms with van der Waals surface area (Å²) in [6.45, 7) is 1.68. The van der Waals surface area contributed by atoms with E-state index in [1.54, 1.807) is 30.0 Å². The number of nitrogens with one attached hydrogen (secondary N) is 1. The molecule has 1 N–H and O–H groups in total. The summed E-state index contributed by atoms with van der Waals surface area (Å²) in [7, 11) is -3.91. The highest BCUT2D eigenvalue weighted by atomic mass is 32.2. The van der Waals surface area contributed by atoms with Gasteiger partial charge >= 0.3 is 0 Å². The first-order valence-corrected chi connectivity index (χ1v) is 13.0. The normalized spacial score (nSPS) is 22.8. The molecule has 33 heavy (non-hydrogen) atoms. The average molecular weight is 470 g/mol. The molecular formula is C25H31N3O4S. The number of rotatable bonds is 6. The highest BCUT2D eigenvalue weighted by Crippen LogP contribution is 2.34. The smallest absolute Gasteiger partial charge is 0.247 e. The van der Waals surface area contributed by atoms with Crippen LogP contribution in [0.3, 0.4) is 0 Å². The van der Waals surface area contributed by atoms with E-state index in [4.69, 9.17) is 0 Å². The van der Waals surface area contributed by atoms with Gasteiger partial charge in [0.05, 0.1) is 11.4 Å². The van der Waals surface area contributed by atoms with Gasteiger partial charge in [-0.3, -0.25) is 9.59 Å². The maximum atomic E-state index is 13.6. The zero-order chi connectivity index (χ0) is 23.5. The Morgan fingerprint density at radius 2 is 1.61 bits per heavy atom. The fourth-order valence-electron chi connectivity index (χ4n) is 4.98. The van der Waals surface area contributed by atoms with Crippen molar-refractivity contribution in [2.24, 2.45) is 0 Å². The zero-order valence-corrected chi connectivity index (χ0v) is 19.8. The largest absolute Gasteiger partial charge is 0.350 e. The van der Waals surface area contributed by atoms with Crippen LogP contribution < -0.4 is 5.32 Å². The lowest BCUT2D eigenvalue weighted by atomic mass is 9.87. The predicted molar refractivity (Wildman–Crippen MR) is 126 cm³/mol.